The summed E-state index contributed by atoms with van der Waals surface area (Å²) in [6.07, 6.45) is -6.77. The molecule has 1 saturated heterocycles. The lowest BCUT2D eigenvalue weighted by Crippen LogP contribution is -2.46. The Hall–Kier alpha value is -2.11. The van der Waals surface area contributed by atoms with Crippen LogP contribution in [0.4, 0.5) is 5.82 Å². The van der Waals surface area contributed by atoms with Crippen LogP contribution in [-0.2, 0) is 45.9 Å². The van der Waals surface area contributed by atoms with E-state index in [9.17, 15) is 53.1 Å². The highest BCUT2D eigenvalue weighted by Crippen LogP contribution is 2.61. The molecule has 0 spiro atoms. The number of carbonyl (C=O) groups is 2. The average molecular weight is 768 g/mol. The van der Waals surface area contributed by atoms with E-state index in [-0.39, 0.29) is 35.9 Å². The molecule has 0 aromatic carbocycles. The Balaban J connectivity index is 1.60. The minimum absolute atomic E-state index is 0.00736. The maximum absolute atomic E-state index is 12.5. The number of ether oxygens (including phenoxy) is 1. The number of hydrogen-bond acceptors (Lipinski definition) is 17. The van der Waals surface area contributed by atoms with Crippen LogP contribution in [0.1, 0.15) is 26.5 Å². The van der Waals surface area contributed by atoms with Crippen LogP contribution >= 0.6 is 36.1 Å². The van der Waals surface area contributed by atoms with Crippen molar-refractivity contribution in [3.05, 3.63) is 12.7 Å². The van der Waals surface area contributed by atoms with Gasteiger partial charge in [0.15, 0.2) is 17.7 Å². The van der Waals surface area contributed by atoms with E-state index in [1.54, 1.807) is 0 Å². The standard InChI is InChI=1S/C21H36N7O16P3S/c1-21(2,16(31)19(32)24-4-3-12(29)23-5-6-48)8-41-47(38,39)44-46(36,37)40-7-11-14(30)15(43-45(33,34)35)20(42-11)28-10-27-13-17(22)25-9-26-18(13)28/h9-11,14-16,20,30-31,48H,3-8H2,1-2H3,(H,23,29)(H,24,32)(H,36,37)(H,38,39)(H2,22,25,26)(H2,33,34,35)/t11-,14-,15-,16?,20-/m1/s1. The summed E-state index contributed by atoms with van der Waals surface area (Å²) in [6, 6.07) is 0. The minimum Gasteiger partial charge on any atom is -0.387 e. The van der Waals surface area contributed by atoms with E-state index in [1.165, 1.54) is 13.8 Å². The fourth-order valence-electron chi connectivity index (χ4n) is 4.11. The molecular weight excluding hydrogens is 731 g/mol. The Morgan fingerprint density at radius 3 is 2.42 bits per heavy atom. The number of nitrogens with two attached hydrogens (primary N) is 1. The van der Waals surface area contributed by atoms with Gasteiger partial charge in [-0.1, -0.05) is 13.8 Å². The van der Waals surface area contributed by atoms with E-state index < -0.39 is 78.6 Å². The Kier molecular flexibility index (Phi) is 13.7. The molecule has 0 bridgehead atoms. The van der Waals surface area contributed by atoms with Crippen LogP contribution in [-0.4, -0.2) is 118 Å². The molecule has 48 heavy (non-hydrogen) atoms. The zero-order chi connectivity index (χ0) is 36.1. The van der Waals surface area contributed by atoms with Crippen LogP contribution in [0.5, 0.6) is 0 Å². The first-order chi connectivity index (χ1) is 22.2. The molecule has 23 nitrogen and oxygen atoms in total. The van der Waals surface area contributed by atoms with Crippen molar-refractivity contribution >= 4 is 64.9 Å². The van der Waals surface area contributed by atoms with Gasteiger partial charge >= 0.3 is 23.5 Å². The maximum Gasteiger partial charge on any atom is 0.481 e. The smallest absolute Gasteiger partial charge is 0.387 e. The van der Waals surface area contributed by atoms with Crippen LogP contribution < -0.4 is 16.4 Å². The second-order valence-electron chi connectivity index (χ2n) is 10.8. The fraction of sp³-hybridized carbons (Fsp3) is 0.667. The summed E-state index contributed by atoms with van der Waals surface area (Å²) in [7, 11) is -16.2. The van der Waals surface area contributed by atoms with Gasteiger partial charge in [0.2, 0.25) is 11.8 Å². The monoisotopic (exact) mass is 767 g/mol. The van der Waals surface area contributed by atoms with Crippen molar-refractivity contribution in [3.8, 4) is 0 Å². The van der Waals surface area contributed by atoms with Gasteiger partial charge in [-0.3, -0.25) is 27.7 Å². The minimum atomic E-state index is -5.50. The highest BCUT2D eigenvalue weighted by Gasteiger charge is 2.50. The Bertz CT molecular complexity index is 1590. The predicted octanol–water partition coefficient (Wildman–Crippen LogP) is -1.67. The lowest BCUT2D eigenvalue weighted by molar-refractivity contribution is -0.137. The highest BCUT2D eigenvalue weighted by molar-refractivity contribution is 7.80. The molecule has 3 unspecified atom stereocenters. The second-order valence-corrected chi connectivity index (χ2v) is 15.5. The number of aromatic nitrogens is 4. The van der Waals surface area contributed by atoms with Gasteiger partial charge in [-0.05, 0) is 0 Å². The third kappa shape index (κ3) is 11.2. The molecule has 7 atom stereocenters. The summed E-state index contributed by atoms with van der Waals surface area (Å²) in [6.45, 7) is 0.791. The number of hydrogen-bond donors (Lipinski definition) is 10. The Morgan fingerprint density at radius 1 is 1.10 bits per heavy atom. The number of carbonyl (C=O) groups excluding carboxylic acids is 2. The molecule has 3 rings (SSSR count). The zero-order valence-electron chi connectivity index (χ0n) is 25.2. The molecule has 0 aliphatic carbocycles. The highest BCUT2D eigenvalue weighted by atomic mass is 32.1. The van der Waals surface area contributed by atoms with Crippen LogP contribution in [0.15, 0.2) is 12.7 Å². The van der Waals surface area contributed by atoms with Gasteiger partial charge in [0.05, 0.1) is 19.5 Å². The molecule has 272 valence electrons. The second kappa shape index (κ2) is 16.3. The number of rotatable bonds is 18. The number of phosphoric ester groups is 3. The maximum atomic E-state index is 12.5. The number of imidazole rings is 1. The van der Waals surface area contributed by atoms with Crippen molar-refractivity contribution in [2.45, 2.75) is 50.9 Å². The number of thiol groups is 1. The average Bonchev–Trinajstić information content (AvgIpc) is 3.54. The van der Waals surface area contributed by atoms with Crippen LogP contribution in [0, 0.1) is 5.41 Å². The summed E-state index contributed by atoms with van der Waals surface area (Å²) in [5, 5.41) is 26.0. The summed E-state index contributed by atoms with van der Waals surface area (Å²) in [4.78, 5) is 74.6. The predicted molar refractivity (Wildman–Crippen MR) is 163 cm³/mol. The number of amides is 2. The number of anilines is 1. The van der Waals surface area contributed by atoms with Crippen LogP contribution in [0.2, 0.25) is 0 Å². The van der Waals surface area contributed by atoms with Gasteiger partial charge in [0.25, 0.3) is 0 Å². The lowest BCUT2D eigenvalue weighted by atomic mass is 9.87. The van der Waals surface area contributed by atoms with E-state index >= 15 is 0 Å². The fourth-order valence-corrected chi connectivity index (χ4v) is 7.02. The molecule has 1 aliphatic heterocycles. The lowest BCUT2D eigenvalue weighted by Gasteiger charge is -2.30. The summed E-state index contributed by atoms with van der Waals surface area (Å²) in [5.41, 5.74) is 4.26. The van der Waals surface area contributed by atoms with Gasteiger partial charge in [-0.15, -0.1) is 0 Å². The van der Waals surface area contributed by atoms with E-state index in [2.05, 4.69) is 42.5 Å². The molecule has 1 fully saturated rings. The summed E-state index contributed by atoms with van der Waals surface area (Å²) >= 11 is 3.95. The quantitative estimate of drug-likeness (QED) is 0.0599. The van der Waals surface area contributed by atoms with Gasteiger partial charge < -0.3 is 50.9 Å². The van der Waals surface area contributed by atoms with Gasteiger partial charge in [0, 0.05) is 30.7 Å². The first-order valence-corrected chi connectivity index (χ1v) is 18.8. The zero-order valence-corrected chi connectivity index (χ0v) is 28.8. The van der Waals surface area contributed by atoms with Gasteiger partial charge in [0.1, 0.15) is 36.3 Å². The number of nitrogens with zero attached hydrogens (tertiary/aromatic N) is 4. The number of aliphatic hydroxyl groups excluding tert-OH is 2. The molecule has 2 amide bonds. The third-order valence-electron chi connectivity index (χ3n) is 6.51. The molecular formula is C21H36N7O16P3S. The third-order valence-corrected chi connectivity index (χ3v) is 9.84. The van der Waals surface area contributed by atoms with Crippen LogP contribution in [0.3, 0.4) is 0 Å². The number of nitrogen functional groups attached to an aromatic ring is 1. The first-order valence-electron chi connectivity index (χ1n) is 13.7. The van der Waals surface area contributed by atoms with Gasteiger partial charge in [-0.25, -0.2) is 28.6 Å². The number of aliphatic hydroxyl groups is 2. The molecule has 3 heterocycles. The molecule has 0 saturated carbocycles. The normalized spacial score (nSPS) is 23.4. The van der Waals surface area contributed by atoms with Gasteiger partial charge in [-0.2, -0.15) is 16.9 Å². The van der Waals surface area contributed by atoms with E-state index in [4.69, 9.17) is 24.0 Å². The molecule has 2 aromatic heterocycles. The molecule has 1 aliphatic rings. The van der Waals surface area contributed by atoms with E-state index in [0.29, 0.717) is 12.3 Å². The summed E-state index contributed by atoms with van der Waals surface area (Å²) in [5.74, 6) is -0.952. The topological polar surface area (TPSA) is 347 Å². The SMILES string of the molecule is CC(C)(COP(=O)(O)OP(=O)(O)OC[C@H]1O[C@@H](n2cnc3c(N)ncnc32)[C@H](OP(=O)(O)O)[C@@H]1O)C(O)C(=O)NCCC(=O)NCCS. The van der Waals surface area contributed by atoms with Crippen molar-refractivity contribution in [1.82, 2.24) is 30.2 Å². The van der Waals surface area contributed by atoms with E-state index in [1.807, 2.05) is 0 Å². The van der Waals surface area contributed by atoms with Crippen molar-refractivity contribution in [1.29, 1.82) is 0 Å². The number of fused-ring (bicyclic) bond motifs is 1. The number of nitrogens with one attached hydrogen (secondary N) is 2. The number of phosphoric acid groups is 3. The molecule has 10 N–H and O–H groups in total. The van der Waals surface area contributed by atoms with E-state index in [0.717, 1.165) is 17.2 Å². The first kappa shape index (κ1) is 40.3. The molecule has 0 radical (unpaired) electrons. The van der Waals surface area contributed by atoms with Crippen molar-refractivity contribution in [2.75, 3.05) is 37.8 Å². The largest absolute Gasteiger partial charge is 0.481 e. The van der Waals surface area contributed by atoms with Crippen molar-refractivity contribution in [3.63, 3.8) is 0 Å². The molecule has 27 heteroatoms. The van der Waals surface area contributed by atoms with Crippen LogP contribution in [0.25, 0.3) is 11.2 Å². The Morgan fingerprint density at radius 2 is 1.77 bits per heavy atom. The van der Waals surface area contributed by atoms with Crippen molar-refractivity contribution in [2.24, 2.45) is 5.41 Å². The van der Waals surface area contributed by atoms with Crippen molar-refractivity contribution < 1.29 is 75.7 Å². The molecule has 2 aromatic rings. The Labute approximate surface area is 277 Å². The summed E-state index contributed by atoms with van der Waals surface area (Å²) < 4.78 is 61.7.